The van der Waals surface area contributed by atoms with Crippen LogP contribution in [0.2, 0.25) is 0 Å². The predicted octanol–water partition coefficient (Wildman–Crippen LogP) is 5.10. The highest BCUT2D eigenvalue weighted by Crippen LogP contribution is 2.44. The summed E-state index contributed by atoms with van der Waals surface area (Å²) in [5.41, 5.74) is 6.15. The van der Waals surface area contributed by atoms with Crippen molar-refractivity contribution in [1.82, 2.24) is 14.9 Å². The summed E-state index contributed by atoms with van der Waals surface area (Å²) >= 11 is 5.83. The molecule has 0 saturated carbocycles. The predicted molar refractivity (Wildman–Crippen MR) is 137 cm³/mol. The Hall–Kier alpha value is -4.04. The summed E-state index contributed by atoms with van der Waals surface area (Å²) in [4.78, 5) is 6.75. The number of phenols is 1. The number of fused-ring (bicyclic) bond motifs is 1. The third kappa shape index (κ3) is 3.57. The monoisotopic (exact) mass is 484 g/mol. The lowest BCUT2D eigenvalue weighted by molar-refractivity contribution is 0.174. The molecule has 8 heteroatoms. The van der Waals surface area contributed by atoms with Gasteiger partial charge in [-0.2, -0.15) is 0 Å². The fourth-order valence-electron chi connectivity index (χ4n) is 5.07. The van der Waals surface area contributed by atoms with Gasteiger partial charge in [-0.3, -0.25) is 4.98 Å². The van der Waals surface area contributed by atoms with Crippen LogP contribution >= 0.6 is 12.2 Å². The van der Waals surface area contributed by atoms with Crippen LogP contribution in [-0.4, -0.2) is 26.6 Å². The van der Waals surface area contributed by atoms with Crippen molar-refractivity contribution in [3.05, 3.63) is 95.6 Å². The molecule has 0 aliphatic carbocycles. The lowest BCUT2D eigenvalue weighted by Gasteiger charge is -2.28. The molecule has 0 amide bonds. The quantitative estimate of drug-likeness (QED) is 0.391. The Balaban J connectivity index is 1.50. The van der Waals surface area contributed by atoms with Gasteiger partial charge in [-0.25, -0.2) is 0 Å². The van der Waals surface area contributed by atoms with Crippen LogP contribution in [0.5, 0.6) is 17.2 Å². The first kappa shape index (κ1) is 21.5. The average Bonchev–Trinajstić information content (AvgIpc) is 3.55. The Morgan fingerprint density at radius 3 is 2.51 bits per heavy atom. The molecule has 6 rings (SSSR count). The number of hydrogen-bond donors (Lipinski definition) is 2. The third-order valence-electron chi connectivity index (χ3n) is 6.63. The lowest BCUT2D eigenvalue weighted by Crippen LogP contribution is -2.29. The number of nitrogens with one attached hydrogen (secondary N) is 1. The Morgan fingerprint density at radius 1 is 0.971 bits per heavy atom. The zero-order valence-electron chi connectivity index (χ0n) is 19.3. The van der Waals surface area contributed by atoms with Gasteiger partial charge in [0.1, 0.15) is 5.75 Å². The summed E-state index contributed by atoms with van der Waals surface area (Å²) in [6, 6.07) is 21.0. The van der Waals surface area contributed by atoms with Crippen LogP contribution in [0.1, 0.15) is 34.7 Å². The van der Waals surface area contributed by atoms with E-state index in [0.717, 1.165) is 45.5 Å². The van der Waals surface area contributed by atoms with Gasteiger partial charge in [0.2, 0.25) is 6.79 Å². The van der Waals surface area contributed by atoms with E-state index in [2.05, 4.69) is 39.7 Å². The van der Waals surface area contributed by atoms with Crippen molar-refractivity contribution >= 4 is 23.0 Å². The molecule has 4 heterocycles. The second-order valence-electron chi connectivity index (χ2n) is 8.71. The number of rotatable bonds is 4. The van der Waals surface area contributed by atoms with E-state index in [0.29, 0.717) is 5.11 Å². The molecule has 2 aliphatic rings. The number of aromatic hydroxyl groups is 1. The number of phenolic OH excluding ortho intramolecular Hbond substituents is 1. The van der Waals surface area contributed by atoms with E-state index in [1.807, 2.05) is 48.5 Å². The summed E-state index contributed by atoms with van der Waals surface area (Å²) in [5, 5.41) is 14.0. The Morgan fingerprint density at radius 2 is 1.74 bits per heavy atom. The van der Waals surface area contributed by atoms with E-state index < -0.39 is 0 Å². The number of hydrogen-bond acceptors (Lipinski definition) is 5. The fraction of sp³-hybridized carbons (Fsp3) is 0.185. The van der Waals surface area contributed by atoms with Crippen LogP contribution in [0.4, 0.5) is 5.69 Å². The van der Waals surface area contributed by atoms with E-state index >= 15 is 0 Å². The number of ether oxygens (including phenoxy) is 2. The van der Waals surface area contributed by atoms with Crippen molar-refractivity contribution in [2.75, 3.05) is 11.7 Å². The van der Waals surface area contributed by atoms with Gasteiger partial charge in [0.15, 0.2) is 16.6 Å². The molecular formula is C27H24N4O3S. The van der Waals surface area contributed by atoms with Crippen LogP contribution in [0.3, 0.4) is 0 Å². The van der Waals surface area contributed by atoms with Gasteiger partial charge in [-0.15, -0.1) is 0 Å². The maximum absolute atomic E-state index is 9.86. The first-order chi connectivity index (χ1) is 17.0. The zero-order valence-corrected chi connectivity index (χ0v) is 20.1. The topological polar surface area (TPSA) is 71.8 Å². The summed E-state index contributed by atoms with van der Waals surface area (Å²) in [6.07, 6.45) is 1.80. The van der Waals surface area contributed by atoms with Crippen molar-refractivity contribution in [3.8, 4) is 22.9 Å². The molecule has 4 aromatic rings. The Labute approximate surface area is 208 Å². The maximum Gasteiger partial charge on any atom is 0.231 e. The molecule has 1 saturated heterocycles. The first-order valence-corrected chi connectivity index (χ1v) is 11.8. The molecule has 0 unspecified atom stereocenters. The van der Waals surface area contributed by atoms with Gasteiger partial charge in [0.25, 0.3) is 0 Å². The number of aromatic nitrogens is 2. The van der Waals surface area contributed by atoms with Crippen molar-refractivity contribution in [1.29, 1.82) is 0 Å². The van der Waals surface area contributed by atoms with Gasteiger partial charge >= 0.3 is 0 Å². The number of benzene rings is 2. The first-order valence-electron chi connectivity index (χ1n) is 11.4. The Bertz CT molecular complexity index is 1420. The summed E-state index contributed by atoms with van der Waals surface area (Å²) in [7, 11) is 0. The largest absolute Gasteiger partial charge is 0.508 e. The molecule has 2 N–H and O–H groups in total. The van der Waals surface area contributed by atoms with Crippen LogP contribution in [0, 0.1) is 13.8 Å². The standard InChI is InChI=1S/C27H24N4O3S/c1-16-13-21(17(2)30(16)19-8-11-23-24(14-19)34-15-33-23)26-25(22-5-3-4-12-28-22)29-27(35)31(26)18-6-9-20(32)10-7-18/h3-14,25-26,32H,15H2,1-2H3,(H,29,35)/t25-,26+/m1/s1. The van der Waals surface area contributed by atoms with E-state index in [1.165, 1.54) is 0 Å². The molecule has 2 aromatic carbocycles. The highest BCUT2D eigenvalue weighted by molar-refractivity contribution is 7.80. The second kappa shape index (κ2) is 8.32. The number of aryl methyl sites for hydroxylation is 1. The van der Waals surface area contributed by atoms with Crippen molar-refractivity contribution in [3.63, 3.8) is 0 Å². The third-order valence-corrected chi connectivity index (χ3v) is 6.94. The van der Waals surface area contributed by atoms with E-state index in [-0.39, 0.29) is 24.6 Å². The van der Waals surface area contributed by atoms with Gasteiger partial charge in [-0.1, -0.05) is 6.07 Å². The summed E-state index contributed by atoms with van der Waals surface area (Å²) in [5.74, 6) is 1.72. The number of pyridine rings is 1. The molecule has 0 bridgehead atoms. The molecule has 2 aromatic heterocycles. The normalized spacial score (nSPS) is 18.7. The molecule has 1 fully saturated rings. The van der Waals surface area contributed by atoms with E-state index in [4.69, 9.17) is 21.7 Å². The van der Waals surface area contributed by atoms with Gasteiger partial charge < -0.3 is 29.4 Å². The highest BCUT2D eigenvalue weighted by Gasteiger charge is 2.42. The highest BCUT2D eigenvalue weighted by atomic mass is 32.1. The minimum Gasteiger partial charge on any atom is -0.508 e. The van der Waals surface area contributed by atoms with Crippen LogP contribution < -0.4 is 19.7 Å². The zero-order chi connectivity index (χ0) is 24.1. The smallest absolute Gasteiger partial charge is 0.231 e. The van der Waals surface area contributed by atoms with Crippen LogP contribution in [-0.2, 0) is 0 Å². The van der Waals surface area contributed by atoms with Gasteiger partial charge in [0.05, 0.1) is 17.8 Å². The average molecular weight is 485 g/mol. The minimum absolute atomic E-state index is 0.143. The maximum atomic E-state index is 9.86. The van der Waals surface area contributed by atoms with Crippen molar-refractivity contribution < 1.29 is 14.6 Å². The SMILES string of the molecule is Cc1cc([C@H]2[C@@H](c3ccccn3)NC(=S)N2c2ccc(O)cc2)c(C)n1-c1ccc2c(c1)OCO2. The number of thiocarbonyl (C=S) groups is 1. The van der Waals surface area contributed by atoms with E-state index in [9.17, 15) is 5.11 Å². The number of anilines is 1. The van der Waals surface area contributed by atoms with Crippen LogP contribution in [0.15, 0.2) is 72.9 Å². The molecule has 7 nitrogen and oxygen atoms in total. The van der Waals surface area contributed by atoms with Crippen molar-refractivity contribution in [2.24, 2.45) is 0 Å². The van der Waals surface area contributed by atoms with Gasteiger partial charge in [0, 0.05) is 35.0 Å². The molecule has 35 heavy (non-hydrogen) atoms. The second-order valence-corrected chi connectivity index (χ2v) is 9.10. The lowest BCUT2D eigenvalue weighted by atomic mass is 9.96. The fourth-order valence-corrected chi connectivity index (χ4v) is 5.42. The number of nitrogens with zero attached hydrogens (tertiary/aromatic N) is 3. The molecule has 2 aliphatic heterocycles. The Kier molecular flexibility index (Phi) is 5.11. The van der Waals surface area contributed by atoms with E-state index in [1.54, 1.807) is 18.3 Å². The summed E-state index contributed by atoms with van der Waals surface area (Å²) in [6.45, 7) is 4.47. The molecule has 0 spiro atoms. The summed E-state index contributed by atoms with van der Waals surface area (Å²) < 4.78 is 13.3. The molecule has 0 radical (unpaired) electrons. The van der Waals surface area contributed by atoms with Gasteiger partial charge in [-0.05, 0) is 86.2 Å². The minimum atomic E-state index is -0.150. The van der Waals surface area contributed by atoms with Crippen LogP contribution in [0.25, 0.3) is 5.69 Å². The molecular weight excluding hydrogens is 460 g/mol. The molecule has 176 valence electrons. The molecule has 2 atom stereocenters. The van der Waals surface area contributed by atoms with Crippen molar-refractivity contribution in [2.45, 2.75) is 25.9 Å².